The van der Waals surface area contributed by atoms with Gasteiger partial charge in [-0.2, -0.15) is 0 Å². The lowest BCUT2D eigenvalue weighted by Crippen LogP contribution is -2.58. The van der Waals surface area contributed by atoms with Crippen molar-refractivity contribution in [2.24, 2.45) is 5.92 Å². The number of hydrogen-bond donors (Lipinski definition) is 3. The minimum Gasteiger partial charge on any atom is -0.394 e. The van der Waals surface area contributed by atoms with Crippen LogP contribution >= 0.6 is 0 Å². The molecule has 0 aromatic carbocycles. The third-order valence-electron chi connectivity index (χ3n) is 3.67. The molecule has 0 spiro atoms. The summed E-state index contributed by atoms with van der Waals surface area (Å²) in [6.07, 6.45) is 5.01. The Morgan fingerprint density at radius 3 is 2.73 bits per heavy atom. The molecule has 2 rings (SSSR count). The minimum atomic E-state index is -0.283. The van der Waals surface area contributed by atoms with E-state index in [4.69, 9.17) is 0 Å². The summed E-state index contributed by atoms with van der Waals surface area (Å²) in [6, 6.07) is 0. The summed E-state index contributed by atoms with van der Waals surface area (Å²) in [4.78, 5) is 11.9. The third-order valence-corrected chi connectivity index (χ3v) is 3.67. The SMILES string of the molecule is O=C(NC1(CO)CCC1)[C@H]1CCCNC1. The number of nitrogens with one attached hydrogen (secondary N) is 2. The Morgan fingerprint density at radius 2 is 2.27 bits per heavy atom. The van der Waals surface area contributed by atoms with E-state index in [2.05, 4.69) is 10.6 Å². The van der Waals surface area contributed by atoms with Crippen LogP contribution < -0.4 is 10.6 Å². The first-order valence-corrected chi connectivity index (χ1v) is 5.89. The van der Waals surface area contributed by atoms with E-state index in [-0.39, 0.29) is 24.0 Å². The van der Waals surface area contributed by atoms with Crippen molar-refractivity contribution in [1.29, 1.82) is 0 Å². The largest absolute Gasteiger partial charge is 0.394 e. The Labute approximate surface area is 90.4 Å². The maximum atomic E-state index is 11.9. The highest BCUT2D eigenvalue weighted by Crippen LogP contribution is 2.31. The molecule has 3 N–H and O–H groups in total. The molecule has 0 radical (unpaired) electrons. The molecule has 1 amide bonds. The molecule has 4 nitrogen and oxygen atoms in total. The maximum absolute atomic E-state index is 11.9. The van der Waals surface area contributed by atoms with E-state index in [0.29, 0.717) is 0 Å². The van der Waals surface area contributed by atoms with E-state index in [1.54, 1.807) is 0 Å². The monoisotopic (exact) mass is 212 g/mol. The fraction of sp³-hybridized carbons (Fsp3) is 0.909. The van der Waals surface area contributed by atoms with E-state index < -0.39 is 0 Å². The molecule has 4 heteroatoms. The Bertz CT molecular complexity index is 227. The van der Waals surface area contributed by atoms with Crippen molar-refractivity contribution in [1.82, 2.24) is 10.6 Å². The van der Waals surface area contributed by atoms with Gasteiger partial charge in [0.25, 0.3) is 0 Å². The zero-order valence-corrected chi connectivity index (χ0v) is 9.09. The molecule has 0 unspecified atom stereocenters. The zero-order valence-electron chi connectivity index (χ0n) is 9.09. The van der Waals surface area contributed by atoms with Gasteiger partial charge in [0, 0.05) is 6.54 Å². The second-order valence-electron chi connectivity index (χ2n) is 4.82. The highest BCUT2D eigenvalue weighted by molar-refractivity contribution is 5.80. The van der Waals surface area contributed by atoms with Gasteiger partial charge in [0.15, 0.2) is 0 Å². The average molecular weight is 212 g/mol. The molecule has 0 aromatic heterocycles. The van der Waals surface area contributed by atoms with Crippen LogP contribution in [0.4, 0.5) is 0 Å². The van der Waals surface area contributed by atoms with Gasteiger partial charge in [-0.15, -0.1) is 0 Å². The van der Waals surface area contributed by atoms with Crippen molar-refractivity contribution in [3.8, 4) is 0 Å². The van der Waals surface area contributed by atoms with Crippen molar-refractivity contribution in [3.63, 3.8) is 0 Å². The van der Waals surface area contributed by atoms with E-state index >= 15 is 0 Å². The lowest BCUT2D eigenvalue weighted by atomic mass is 9.77. The topological polar surface area (TPSA) is 61.4 Å². The van der Waals surface area contributed by atoms with Gasteiger partial charge in [-0.3, -0.25) is 4.79 Å². The molecule has 2 aliphatic rings. The van der Waals surface area contributed by atoms with Gasteiger partial charge >= 0.3 is 0 Å². The van der Waals surface area contributed by atoms with Gasteiger partial charge in [0.05, 0.1) is 18.1 Å². The maximum Gasteiger partial charge on any atom is 0.224 e. The summed E-state index contributed by atoms with van der Waals surface area (Å²) >= 11 is 0. The Hall–Kier alpha value is -0.610. The van der Waals surface area contributed by atoms with Gasteiger partial charge in [-0.1, -0.05) is 0 Å². The summed E-state index contributed by atoms with van der Waals surface area (Å²) in [6.45, 7) is 1.89. The molecule has 0 bridgehead atoms. The fourth-order valence-corrected chi connectivity index (χ4v) is 2.37. The van der Waals surface area contributed by atoms with Crippen molar-refractivity contribution in [2.45, 2.75) is 37.6 Å². The van der Waals surface area contributed by atoms with Crippen molar-refractivity contribution in [2.75, 3.05) is 19.7 Å². The standard InChI is InChI=1S/C11H20N2O2/c14-8-11(4-2-5-11)13-10(15)9-3-1-6-12-7-9/h9,12,14H,1-8H2,(H,13,15)/t9-/m0/s1. The highest BCUT2D eigenvalue weighted by Gasteiger charge is 2.39. The number of carbonyl (C=O) groups excluding carboxylic acids is 1. The van der Waals surface area contributed by atoms with E-state index in [0.717, 1.165) is 45.2 Å². The van der Waals surface area contributed by atoms with E-state index in [1.807, 2.05) is 0 Å². The molecule has 1 saturated heterocycles. The molecular weight excluding hydrogens is 192 g/mol. The Kier molecular flexibility index (Phi) is 3.26. The van der Waals surface area contributed by atoms with Crippen LogP contribution in [0.5, 0.6) is 0 Å². The number of piperidine rings is 1. The van der Waals surface area contributed by atoms with Crippen molar-refractivity contribution < 1.29 is 9.90 Å². The summed E-state index contributed by atoms with van der Waals surface area (Å²) < 4.78 is 0. The molecule has 1 aliphatic carbocycles. The van der Waals surface area contributed by atoms with Crippen LogP contribution in [0.3, 0.4) is 0 Å². The van der Waals surface area contributed by atoms with Gasteiger partial charge in [0.2, 0.25) is 5.91 Å². The predicted octanol–water partition coefficient (Wildman–Crippen LogP) is 0.0172. The quantitative estimate of drug-likeness (QED) is 0.618. The number of aliphatic hydroxyl groups excluding tert-OH is 1. The molecule has 15 heavy (non-hydrogen) atoms. The molecular formula is C11H20N2O2. The lowest BCUT2D eigenvalue weighted by molar-refractivity contribution is -0.129. The van der Waals surface area contributed by atoms with Crippen LogP contribution in [0.1, 0.15) is 32.1 Å². The smallest absolute Gasteiger partial charge is 0.224 e. The first-order chi connectivity index (χ1) is 7.26. The van der Waals surface area contributed by atoms with Crippen molar-refractivity contribution >= 4 is 5.91 Å². The van der Waals surface area contributed by atoms with Gasteiger partial charge in [0.1, 0.15) is 0 Å². The fourth-order valence-electron chi connectivity index (χ4n) is 2.37. The molecule has 2 fully saturated rings. The molecule has 0 aromatic rings. The van der Waals surface area contributed by atoms with Crippen molar-refractivity contribution in [3.05, 3.63) is 0 Å². The number of hydrogen-bond acceptors (Lipinski definition) is 3. The average Bonchev–Trinajstić information content (AvgIpc) is 2.24. The first kappa shape index (κ1) is 10.9. The summed E-state index contributed by atoms with van der Waals surface area (Å²) in [5.74, 6) is 0.221. The normalized spacial score (nSPS) is 29.3. The van der Waals surface area contributed by atoms with E-state index in [9.17, 15) is 9.90 Å². The second-order valence-corrected chi connectivity index (χ2v) is 4.82. The van der Waals surface area contributed by atoms with Crippen LogP contribution in [0.25, 0.3) is 0 Å². The molecule has 1 saturated carbocycles. The lowest BCUT2D eigenvalue weighted by Gasteiger charge is -2.42. The zero-order chi connectivity index (χ0) is 10.7. The number of rotatable bonds is 3. The number of amides is 1. The molecule has 86 valence electrons. The summed E-state index contributed by atoms with van der Waals surface area (Å²) in [7, 11) is 0. The summed E-state index contributed by atoms with van der Waals surface area (Å²) in [5.41, 5.74) is -0.283. The predicted molar refractivity (Wildman–Crippen MR) is 57.4 cm³/mol. The van der Waals surface area contributed by atoms with Crippen LogP contribution in [0.15, 0.2) is 0 Å². The first-order valence-electron chi connectivity index (χ1n) is 5.89. The Balaban J connectivity index is 1.85. The van der Waals surface area contributed by atoms with Crippen LogP contribution in [-0.2, 0) is 4.79 Å². The van der Waals surface area contributed by atoms with Crippen LogP contribution in [-0.4, -0.2) is 36.2 Å². The molecule has 1 atom stereocenters. The summed E-state index contributed by atoms with van der Waals surface area (Å²) in [5, 5.41) is 15.5. The third kappa shape index (κ3) is 2.32. The number of aliphatic hydroxyl groups is 1. The van der Waals surface area contributed by atoms with E-state index in [1.165, 1.54) is 0 Å². The van der Waals surface area contributed by atoms with Gasteiger partial charge < -0.3 is 15.7 Å². The Morgan fingerprint density at radius 1 is 1.47 bits per heavy atom. The van der Waals surface area contributed by atoms with Crippen LogP contribution in [0, 0.1) is 5.92 Å². The number of carbonyl (C=O) groups is 1. The second kappa shape index (κ2) is 4.49. The molecule has 1 aliphatic heterocycles. The molecule has 1 heterocycles. The minimum absolute atomic E-state index is 0.0822. The van der Waals surface area contributed by atoms with Gasteiger partial charge in [-0.25, -0.2) is 0 Å². The van der Waals surface area contributed by atoms with Crippen LogP contribution in [0.2, 0.25) is 0 Å². The van der Waals surface area contributed by atoms with Gasteiger partial charge in [-0.05, 0) is 38.6 Å². The highest BCUT2D eigenvalue weighted by atomic mass is 16.3.